The van der Waals surface area contributed by atoms with Gasteiger partial charge in [0.1, 0.15) is 5.75 Å². The molecule has 0 bridgehead atoms. The van der Waals surface area contributed by atoms with Crippen LogP contribution in [-0.4, -0.2) is 36.3 Å². The van der Waals surface area contributed by atoms with Crippen molar-refractivity contribution in [3.05, 3.63) is 24.4 Å². The van der Waals surface area contributed by atoms with E-state index >= 15 is 0 Å². The van der Waals surface area contributed by atoms with Crippen LogP contribution in [0.1, 0.15) is 51.4 Å². The van der Waals surface area contributed by atoms with Crippen LogP contribution >= 0.6 is 0 Å². The Morgan fingerprint density at radius 3 is 2.82 bits per heavy atom. The number of halogens is 3. The smallest absolute Gasteiger partial charge is 0.390 e. The largest absolute Gasteiger partial charge is 0.494 e. The van der Waals surface area contributed by atoms with Gasteiger partial charge in [0.05, 0.1) is 18.7 Å². The lowest BCUT2D eigenvalue weighted by molar-refractivity contribution is -0.141. The minimum absolute atomic E-state index is 0.122. The summed E-state index contributed by atoms with van der Waals surface area (Å²) in [6.07, 6.45) is 4.29. The van der Waals surface area contributed by atoms with E-state index in [1.54, 1.807) is 0 Å². The van der Waals surface area contributed by atoms with Gasteiger partial charge in [-0.05, 0) is 86.4 Å². The Labute approximate surface area is 197 Å². The molecule has 5 nitrogen and oxygen atoms in total. The van der Waals surface area contributed by atoms with E-state index in [0.29, 0.717) is 30.4 Å². The summed E-state index contributed by atoms with van der Waals surface area (Å²) < 4.78 is 44.6. The first-order valence-electron chi connectivity index (χ1n) is 12.6. The second kappa shape index (κ2) is 8.18. The fourth-order valence-corrected chi connectivity index (χ4v) is 6.92. The summed E-state index contributed by atoms with van der Waals surface area (Å²) in [5.74, 6) is 1.92. The van der Waals surface area contributed by atoms with Crippen molar-refractivity contribution in [1.82, 2.24) is 10.3 Å². The number of H-pyrrole nitrogens is 1. The highest BCUT2D eigenvalue weighted by atomic mass is 19.4. The van der Waals surface area contributed by atoms with Crippen LogP contribution in [-0.2, 0) is 4.79 Å². The van der Waals surface area contributed by atoms with Crippen LogP contribution in [0, 0.1) is 29.1 Å². The molecule has 1 amide bonds. The molecule has 2 heterocycles. The molecule has 1 spiro atoms. The van der Waals surface area contributed by atoms with Crippen molar-refractivity contribution in [3.8, 4) is 5.75 Å². The Hall–Kier alpha value is -2.22. The molecule has 3 saturated carbocycles. The lowest BCUT2D eigenvalue weighted by Crippen LogP contribution is -2.32. The number of hydrogen-bond acceptors (Lipinski definition) is 3. The van der Waals surface area contributed by atoms with Crippen molar-refractivity contribution in [2.75, 3.05) is 18.5 Å². The number of aromatic nitrogens is 1. The Morgan fingerprint density at radius 1 is 1.24 bits per heavy atom. The lowest BCUT2D eigenvalue weighted by Gasteiger charge is -2.26. The normalized spacial score (nSPS) is 31.4. The number of nitrogens with one attached hydrogen (secondary N) is 3. The zero-order valence-corrected chi connectivity index (χ0v) is 19.2. The summed E-state index contributed by atoms with van der Waals surface area (Å²) >= 11 is 0. The molecular weight excluding hydrogens is 443 g/mol. The van der Waals surface area contributed by atoms with Gasteiger partial charge in [-0.1, -0.05) is 6.42 Å². The molecule has 34 heavy (non-hydrogen) atoms. The fraction of sp³-hybridized carbons (Fsp3) is 0.654. The van der Waals surface area contributed by atoms with Gasteiger partial charge >= 0.3 is 6.18 Å². The van der Waals surface area contributed by atoms with Crippen LogP contribution in [0.4, 0.5) is 18.9 Å². The molecule has 1 saturated heterocycles. The van der Waals surface area contributed by atoms with Crippen molar-refractivity contribution in [1.29, 1.82) is 0 Å². The number of aromatic amines is 1. The van der Waals surface area contributed by atoms with Crippen molar-refractivity contribution in [2.45, 2.75) is 63.6 Å². The molecule has 8 heteroatoms. The maximum Gasteiger partial charge on any atom is 0.390 e. The summed E-state index contributed by atoms with van der Waals surface area (Å²) in [5.41, 5.74) is 2.04. The first-order valence-corrected chi connectivity index (χ1v) is 12.6. The third-order valence-electron chi connectivity index (χ3n) is 9.02. The Kier molecular flexibility index (Phi) is 5.35. The van der Waals surface area contributed by atoms with E-state index in [1.807, 2.05) is 24.4 Å². The highest BCUT2D eigenvalue weighted by molar-refractivity contribution is 6.03. The molecule has 3 aliphatic carbocycles. The first-order chi connectivity index (χ1) is 16.3. The van der Waals surface area contributed by atoms with Gasteiger partial charge in [0.15, 0.2) is 0 Å². The maximum absolute atomic E-state index is 12.8. The Morgan fingerprint density at radius 2 is 2.09 bits per heavy atom. The van der Waals surface area contributed by atoms with Crippen molar-refractivity contribution in [3.63, 3.8) is 0 Å². The number of carbonyl (C=O) groups is 1. The van der Waals surface area contributed by atoms with Gasteiger partial charge in [-0.3, -0.25) is 4.79 Å². The number of carbonyl (C=O) groups excluding carboxylic acids is 1. The Bertz CT molecular complexity index is 1080. The van der Waals surface area contributed by atoms with Crippen LogP contribution in [0.3, 0.4) is 0 Å². The highest BCUT2D eigenvalue weighted by Gasteiger charge is 2.60. The number of fused-ring (bicyclic) bond motifs is 2. The molecule has 5 atom stereocenters. The molecule has 6 rings (SSSR count). The average Bonchev–Trinajstić information content (AvgIpc) is 3.02. The number of anilines is 1. The molecule has 1 unspecified atom stereocenters. The quantitative estimate of drug-likeness (QED) is 0.486. The molecule has 3 N–H and O–H groups in total. The monoisotopic (exact) mass is 475 g/mol. The summed E-state index contributed by atoms with van der Waals surface area (Å²) in [6, 6.07) is 5.40. The second-order valence-electron chi connectivity index (χ2n) is 11.1. The molecule has 1 aromatic carbocycles. The molecule has 4 aliphatic rings. The highest BCUT2D eigenvalue weighted by Crippen LogP contribution is 2.65. The van der Waals surface area contributed by atoms with Gasteiger partial charge in [-0.15, -0.1) is 0 Å². The summed E-state index contributed by atoms with van der Waals surface area (Å²) in [4.78, 5) is 15.9. The van der Waals surface area contributed by atoms with Crippen molar-refractivity contribution < 1.29 is 22.7 Å². The van der Waals surface area contributed by atoms with Gasteiger partial charge in [-0.25, -0.2) is 0 Å². The van der Waals surface area contributed by atoms with Crippen LogP contribution in [0.15, 0.2) is 24.4 Å². The SMILES string of the molecule is O=C(Nc1c[nH]c2ccc(OCC[C@@H]3C[C@H]4CN[C@H](CC(F)(F)F)[C@@H]4C3)cc12)C1CC12CCC2. The summed E-state index contributed by atoms with van der Waals surface area (Å²) in [6.45, 7) is 1.24. The predicted molar refractivity (Wildman–Crippen MR) is 124 cm³/mol. The zero-order valence-electron chi connectivity index (χ0n) is 19.2. The fourth-order valence-electron chi connectivity index (χ4n) is 6.92. The van der Waals surface area contributed by atoms with E-state index in [0.717, 1.165) is 48.0 Å². The molecule has 184 valence electrons. The number of alkyl halides is 3. The minimum Gasteiger partial charge on any atom is -0.494 e. The summed E-state index contributed by atoms with van der Waals surface area (Å²) in [7, 11) is 0. The van der Waals surface area contributed by atoms with E-state index in [1.165, 1.54) is 19.3 Å². The predicted octanol–water partition coefficient (Wildman–Crippen LogP) is 5.63. The number of ether oxygens (including phenoxy) is 1. The lowest BCUT2D eigenvalue weighted by atomic mass is 9.79. The topological polar surface area (TPSA) is 66.2 Å². The second-order valence-corrected chi connectivity index (χ2v) is 11.1. The molecule has 1 aliphatic heterocycles. The van der Waals surface area contributed by atoms with E-state index < -0.39 is 18.6 Å². The Balaban J connectivity index is 1.02. The van der Waals surface area contributed by atoms with Crippen molar-refractivity contribution >= 4 is 22.5 Å². The summed E-state index contributed by atoms with van der Waals surface area (Å²) in [5, 5.41) is 7.13. The first kappa shape index (κ1) is 22.3. The third kappa shape index (κ3) is 4.18. The van der Waals surface area contributed by atoms with E-state index in [-0.39, 0.29) is 17.7 Å². The molecule has 4 fully saturated rings. The van der Waals surface area contributed by atoms with Crippen LogP contribution < -0.4 is 15.4 Å². The third-order valence-corrected chi connectivity index (χ3v) is 9.02. The number of rotatable bonds is 7. The molecule has 2 aromatic rings. The van der Waals surface area contributed by atoms with E-state index in [9.17, 15) is 18.0 Å². The van der Waals surface area contributed by atoms with Gasteiger partial charge in [0.25, 0.3) is 0 Å². The van der Waals surface area contributed by atoms with E-state index in [2.05, 4.69) is 15.6 Å². The van der Waals surface area contributed by atoms with Gasteiger partial charge < -0.3 is 20.4 Å². The van der Waals surface area contributed by atoms with Crippen LogP contribution in [0.5, 0.6) is 5.75 Å². The number of amides is 1. The van der Waals surface area contributed by atoms with Gasteiger partial charge in [0.2, 0.25) is 5.91 Å². The van der Waals surface area contributed by atoms with Crippen LogP contribution in [0.2, 0.25) is 0 Å². The number of hydrogen-bond donors (Lipinski definition) is 3. The van der Waals surface area contributed by atoms with Gasteiger partial charge in [0, 0.05) is 29.1 Å². The van der Waals surface area contributed by atoms with Gasteiger partial charge in [-0.2, -0.15) is 13.2 Å². The average molecular weight is 476 g/mol. The maximum atomic E-state index is 12.8. The standard InChI is InChI=1S/C26H32F3N3O2/c27-26(28,29)12-22-18-9-15(8-16(18)13-30-22)4-7-34-17-2-3-21-19(10-17)23(14-31-21)32-24(33)20-11-25(20)5-1-6-25/h2-3,10,14-16,18,20,22,30-31H,1,4-9,11-13H2,(H,32,33)/t15-,16+,18-,20?,22-/m1/s1. The molecule has 1 aromatic heterocycles. The van der Waals surface area contributed by atoms with E-state index in [4.69, 9.17) is 4.74 Å². The minimum atomic E-state index is -4.11. The zero-order chi connectivity index (χ0) is 23.5. The van der Waals surface area contributed by atoms with Crippen molar-refractivity contribution in [2.24, 2.45) is 29.1 Å². The number of benzene rings is 1. The molecular formula is C26H32F3N3O2. The molecule has 0 radical (unpaired) electrons. The van der Waals surface area contributed by atoms with Crippen LogP contribution in [0.25, 0.3) is 10.9 Å².